The number of methoxy groups -OCH3 is 1. The van der Waals surface area contributed by atoms with Crippen molar-refractivity contribution >= 4 is 5.84 Å². The van der Waals surface area contributed by atoms with E-state index in [-0.39, 0.29) is 5.84 Å². The highest BCUT2D eigenvalue weighted by molar-refractivity contribution is 5.96. The first kappa shape index (κ1) is 14.4. The van der Waals surface area contributed by atoms with Gasteiger partial charge in [-0.25, -0.2) is 0 Å². The number of benzene rings is 1. The maximum Gasteiger partial charge on any atom is 0.170 e. The molecule has 0 saturated heterocycles. The first-order valence-electron chi connectivity index (χ1n) is 5.62. The van der Waals surface area contributed by atoms with Crippen LogP contribution in [0.3, 0.4) is 0 Å². The van der Waals surface area contributed by atoms with E-state index in [4.69, 9.17) is 15.7 Å². The van der Waals surface area contributed by atoms with E-state index in [2.05, 4.69) is 10.5 Å². The Morgan fingerprint density at radius 1 is 1.44 bits per heavy atom. The fourth-order valence-electron chi connectivity index (χ4n) is 1.49. The van der Waals surface area contributed by atoms with E-state index in [0.29, 0.717) is 25.3 Å². The molecule has 0 bridgehead atoms. The zero-order valence-corrected chi connectivity index (χ0v) is 10.3. The second-order valence-electron chi connectivity index (χ2n) is 3.92. The summed E-state index contributed by atoms with van der Waals surface area (Å²) in [7, 11) is 1.55. The molecule has 1 rings (SSSR count). The van der Waals surface area contributed by atoms with Crippen LogP contribution in [-0.2, 0) is 11.3 Å². The van der Waals surface area contributed by atoms with Crippen molar-refractivity contribution in [2.75, 3.05) is 20.3 Å². The third kappa shape index (κ3) is 4.70. The van der Waals surface area contributed by atoms with Crippen LogP contribution in [0.4, 0.5) is 0 Å². The monoisotopic (exact) mass is 253 g/mol. The number of aliphatic hydroxyl groups excluding tert-OH is 1. The molecule has 0 aromatic heterocycles. The maximum atomic E-state index is 9.43. The Kier molecular flexibility index (Phi) is 6.13. The number of hydrogen-bond acceptors (Lipinski definition) is 5. The summed E-state index contributed by atoms with van der Waals surface area (Å²) in [5, 5.41) is 24.0. The van der Waals surface area contributed by atoms with Crippen molar-refractivity contribution in [3.05, 3.63) is 35.4 Å². The lowest BCUT2D eigenvalue weighted by Gasteiger charge is -2.10. The number of nitrogens with zero attached hydrogens (tertiary/aromatic N) is 1. The van der Waals surface area contributed by atoms with Gasteiger partial charge < -0.3 is 26.1 Å². The lowest BCUT2D eigenvalue weighted by molar-refractivity contribution is 0.0644. The first-order chi connectivity index (χ1) is 8.67. The van der Waals surface area contributed by atoms with Crippen molar-refractivity contribution in [3.63, 3.8) is 0 Å². The van der Waals surface area contributed by atoms with Gasteiger partial charge in [0.1, 0.15) is 0 Å². The van der Waals surface area contributed by atoms with Gasteiger partial charge in [-0.1, -0.05) is 29.4 Å². The fourth-order valence-corrected chi connectivity index (χ4v) is 1.49. The van der Waals surface area contributed by atoms with Crippen LogP contribution in [0.2, 0.25) is 0 Å². The molecule has 100 valence electrons. The second kappa shape index (κ2) is 7.65. The lowest BCUT2D eigenvalue weighted by Crippen LogP contribution is -2.29. The van der Waals surface area contributed by atoms with E-state index in [0.717, 1.165) is 5.56 Å². The fraction of sp³-hybridized carbons (Fsp3) is 0.417. The van der Waals surface area contributed by atoms with Gasteiger partial charge in [0.25, 0.3) is 0 Å². The number of amidine groups is 1. The molecule has 5 N–H and O–H groups in total. The van der Waals surface area contributed by atoms with Gasteiger partial charge in [-0.05, 0) is 5.56 Å². The SMILES string of the molecule is COCC(O)CNCc1ccc(C(N)=NO)cc1. The molecule has 1 unspecified atom stereocenters. The maximum absolute atomic E-state index is 9.43. The summed E-state index contributed by atoms with van der Waals surface area (Å²) in [6.45, 7) is 1.42. The van der Waals surface area contributed by atoms with E-state index < -0.39 is 6.10 Å². The summed E-state index contributed by atoms with van der Waals surface area (Å²) in [4.78, 5) is 0. The highest BCUT2D eigenvalue weighted by Gasteiger charge is 2.03. The van der Waals surface area contributed by atoms with Crippen LogP contribution >= 0.6 is 0 Å². The summed E-state index contributed by atoms with van der Waals surface area (Å²) >= 11 is 0. The highest BCUT2D eigenvalue weighted by Crippen LogP contribution is 2.04. The Morgan fingerprint density at radius 3 is 2.67 bits per heavy atom. The van der Waals surface area contributed by atoms with Crippen molar-refractivity contribution in [1.82, 2.24) is 5.32 Å². The molecule has 6 nitrogen and oxygen atoms in total. The molecule has 0 amide bonds. The predicted octanol–water partition coefficient (Wildman–Crippen LogP) is -0.122. The molecule has 0 heterocycles. The minimum atomic E-state index is -0.508. The second-order valence-corrected chi connectivity index (χ2v) is 3.92. The Labute approximate surface area is 106 Å². The van der Waals surface area contributed by atoms with Crippen LogP contribution in [0.5, 0.6) is 0 Å². The summed E-state index contributed by atoms with van der Waals surface area (Å²) in [5.41, 5.74) is 7.17. The van der Waals surface area contributed by atoms with Crippen LogP contribution in [-0.4, -0.2) is 42.5 Å². The average molecular weight is 253 g/mol. The van der Waals surface area contributed by atoms with Crippen LogP contribution in [0.15, 0.2) is 29.4 Å². The molecule has 0 radical (unpaired) electrons. The van der Waals surface area contributed by atoms with Gasteiger partial charge in [0.05, 0.1) is 12.7 Å². The van der Waals surface area contributed by atoms with E-state index in [9.17, 15) is 5.11 Å². The molecule has 0 aliphatic carbocycles. The van der Waals surface area contributed by atoms with Gasteiger partial charge in [-0.15, -0.1) is 0 Å². The molecule has 0 aliphatic rings. The number of oxime groups is 1. The molecule has 0 saturated carbocycles. The van der Waals surface area contributed by atoms with Crippen molar-refractivity contribution in [3.8, 4) is 0 Å². The molecule has 1 aromatic carbocycles. The quantitative estimate of drug-likeness (QED) is 0.235. The summed E-state index contributed by atoms with van der Waals surface area (Å²) in [5.74, 6) is 0.0880. The Bertz CT molecular complexity index is 379. The van der Waals surface area contributed by atoms with Crippen LogP contribution < -0.4 is 11.1 Å². The van der Waals surface area contributed by atoms with Crippen LogP contribution in [0, 0.1) is 0 Å². The van der Waals surface area contributed by atoms with E-state index >= 15 is 0 Å². The normalized spacial score (nSPS) is 13.6. The minimum absolute atomic E-state index is 0.0880. The van der Waals surface area contributed by atoms with Gasteiger partial charge in [-0.3, -0.25) is 0 Å². The third-order valence-corrected chi connectivity index (χ3v) is 2.43. The Balaban J connectivity index is 2.40. The van der Waals surface area contributed by atoms with Gasteiger partial charge in [0.15, 0.2) is 5.84 Å². The molecule has 1 atom stereocenters. The third-order valence-electron chi connectivity index (χ3n) is 2.43. The van der Waals surface area contributed by atoms with Gasteiger partial charge in [0, 0.05) is 25.8 Å². The van der Waals surface area contributed by atoms with Crippen molar-refractivity contribution in [2.24, 2.45) is 10.9 Å². The molecule has 18 heavy (non-hydrogen) atoms. The first-order valence-corrected chi connectivity index (χ1v) is 5.62. The number of aliphatic hydroxyl groups is 1. The number of ether oxygens (including phenoxy) is 1. The summed E-state index contributed by atoms with van der Waals surface area (Å²) in [6.07, 6.45) is -0.508. The van der Waals surface area contributed by atoms with E-state index in [1.54, 1.807) is 19.2 Å². The number of rotatable bonds is 7. The molecule has 0 aliphatic heterocycles. The summed E-state index contributed by atoms with van der Waals surface area (Å²) < 4.78 is 4.82. The van der Waals surface area contributed by atoms with Crippen molar-refractivity contribution < 1.29 is 15.1 Å². The molecule has 0 spiro atoms. The van der Waals surface area contributed by atoms with E-state index in [1.165, 1.54) is 0 Å². The average Bonchev–Trinajstić information content (AvgIpc) is 2.39. The van der Waals surface area contributed by atoms with Gasteiger partial charge >= 0.3 is 0 Å². The Hall–Kier alpha value is -1.63. The largest absolute Gasteiger partial charge is 0.409 e. The van der Waals surface area contributed by atoms with E-state index in [1.807, 2.05) is 12.1 Å². The summed E-state index contributed by atoms with van der Waals surface area (Å²) in [6, 6.07) is 7.31. The smallest absolute Gasteiger partial charge is 0.170 e. The number of nitrogens with two attached hydrogens (primary N) is 1. The van der Waals surface area contributed by atoms with Gasteiger partial charge in [0.2, 0.25) is 0 Å². The van der Waals surface area contributed by atoms with Crippen molar-refractivity contribution in [1.29, 1.82) is 0 Å². The Morgan fingerprint density at radius 2 is 2.11 bits per heavy atom. The molecular weight excluding hydrogens is 234 g/mol. The highest BCUT2D eigenvalue weighted by atomic mass is 16.5. The lowest BCUT2D eigenvalue weighted by atomic mass is 10.1. The number of hydrogen-bond donors (Lipinski definition) is 4. The number of nitrogens with one attached hydrogen (secondary N) is 1. The molecule has 1 aromatic rings. The zero-order chi connectivity index (χ0) is 13.4. The molecule has 0 fully saturated rings. The molecule has 6 heteroatoms. The standard InChI is InChI=1S/C12H19N3O3/c1-18-8-11(16)7-14-6-9-2-4-10(5-3-9)12(13)15-17/h2-5,11,14,16-17H,6-8H2,1H3,(H2,13,15). The molecular formula is C12H19N3O3. The predicted molar refractivity (Wildman–Crippen MR) is 68.5 cm³/mol. The minimum Gasteiger partial charge on any atom is -0.409 e. The van der Waals surface area contributed by atoms with Crippen LogP contribution in [0.1, 0.15) is 11.1 Å². The zero-order valence-electron chi connectivity index (χ0n) is 10.3. The van der Waals surface area contributed by atoms with Gasteiger partial charge in [-0.2, -0.15) is 0 Å². The topological polar surface area (TPSA) is 100 Å². The van der Waals surface area contributed by atoms with Crippen molar-refractivity contribution in [2.45, 2.75) is 12.6 Å². The van der Waals surface area contributed by atoms with Crippen LogP contribution in [0.25, 0.3) is 0 Å².